The minimum atomic E-state index is -0.970. The average molecular weight is 484 g/mol. The smallest absolute Gasteiger partial charge is 0.165 e. The minimum Gasteiger partial charge on any atom is -0.493 e. The van der Waals surface area contributed by atoms with Gasteiger partial charge in [-0.3, -0.25) is 9.58 Å². The second-order valence-electron chi connectivity index (χ2n) is 9.03. The number of hydrogen-bond acceptors (Lipinski definition) is 6. The Morgan fingerprint density at radius 3 is 2.71 bits per heavy atom. The van der Waals surface area contributed by atoms with Crippen LogP contribution >= 0.6 is 0 Å². The van der Waals surface area contributed by atoms with Crippen molar-refractivity contribution in [3.8, 4) is 17.2 Å². The summed E-state index contributed by atoms with van der Waals surface area (Å²) in [7, 11) is 1.65. The number of aromatic nitrogens is 2. The van der Waals surface area contributed by atoms with Crippen LogP contribution in [-0.2, 0) is 13.1 Å². The molecule has 1 fully saturated rings. The van der Waals surface area contributed by atoms with E-state index in [1.165, 1.54) is 6.07 Å². The summed E-state index contributed by atoms with van der Waals surface area (Å²) >= 11 is 0. The molecule has 0 spiro atoms. The second-order valence-corrected chi connectivity index (χ2v) is 9.03. The molecule has 3 aromatic rings. The number of nitrogens with zero attached hydrogens (tertiary/aromatic N) is 3. The highest BCUT2D eigenvalue weighted by Crippen LogP contribution is 2.30. The lowest BCUT2D eigenvalue weighted by atomic mass is 9.96. The van der Waals surface area contributed by atoms with E-state index in [0.717, 1.165) is 50.3 Å². The van der Waals surface area contributed by atoms with E-state index in [4.69, 9.17) is 14.2 Å². The molecular formula is C27H34FN3O4. The van der Waals surface area contributed by atoms with Crippen LogP contribution in [0.2, 0.25) is 0 Å². The number of para-hydroxylation sites is 1. The van der Waals surface area contributed by atoms with Crippen LogP contribution in [0.3, 0.4) is 0 Å². The fourth-order valence-electron chi connectivity index (χ4n) is 4.34. The predicted molar refractivity (Wildman–Crippen MR) is 131 cm³/mol. The molecule has 8 heteroatoms. The zero-order valence-corrected chi connectivity index (χ0v) is 20.2. The summed E-state index contributed by atoms with van der Waals surface area (Å²) in [6.45, 7) is 3.82. The van der Waals surface area contributed by atoms with E-state index < -0.39 is 11.4 Å². The largest absolute Gasteiger partial charge is 0.493 e. The minimum absolute atomic E-state index is 0.0853. The SMILES string of the molecule is COc1cc(CN2CCCC(O)(COc3ccccc3F)CC2)ccc1OCCCn1cccn1. The van der Waals surface area contributed by atoms with Gasteiger partial charge in [0.05, 0.1) is 19.3 Å². The summed E-state index contributed by atoms with van der Waals surface area (Å²) in [6.07, 6.45) is 6.58. The molecule has 1 aliphatic heterocycles. The van der Waals surface area contributed by atoms with Crippen LogP contribution in [-0.4, -0.2) is 58.8 Å². The molecule has 1 saturated heterocycles. The zero-order valence-electron chi connectivity index (χ0n) is 20.2. The van der Waals surface area contributed by atoms with Crippen LogP contribution in [0.25, 0.3) is 0 Å². The van der Waals surface area contributed by atoms with Gasteiger partial charge in [-0.1, -0.05) is 18.2 Å². The molecule has 7 nitrogen and oxygen atoms in total. The normalized spacial score (nSPS) is 18.7. The average Bonchev–Trinajstić information content (AvgIpc) is 3.32. The van der Waals surface area contributed by atoms with E-state index in [1.54, 1.807) is 31.5 Å². The van der Waals surface area contributed by atoms with Gasteiger partial charge in [-0.2, -0.15) is 5.10 Å². The Balaban J connectivity index is 1.27. The van der Waals surface area contributed by atoms with Crippen LogP contribution in [0.4, 0.5) is 4.39 Å². The molecule has 0 radical (unpaired) electrons. The summed E-state index contributed by atoms with van der Waals surface area (Å²) in [6, 6.07) is 14.2. The molecule has 1 aromatic heterocycles. The Bertz CT molecular complexity index is 1060. The highest BCUT2D eigenvalue weighted by Gasteiger charge is 2.31. The van der Waals surface area contributed by atoms with Crippen LogP contribution in [0.5, 0.6) is 17.2 Å². The van der Waals surface area contributed by atoms with Crippen LogP contribution in [0, 0.1) is 5.82 Å². The first-order chi connectivity index (χ1) is 17.0. The molecule has 0 amide bonds. The second kappa shape index (κ2) is 12.0. The Morgan fingerprint density at radius 2 is 1.91 bits per heavy atom. The highest BCUT2D eigenvalue weighted by atomic mass is 19.1. The molecule has 2 heterocycles. The van der Waals surface area contributed by atoms with Gasteiger partial charge >= 0.3 is 0 Å². The first-order valence-corrected chi connectivity index (χ1v) is 12.1. The first kappa shape index (κ1) is 25.0. The van der Waals surface area contributed by atoms with Crippen molar-refractivity contribution in [2.75, 3.05) is 33.4 Å². The van der Waals surface area contributed by atoms with Crippen molar-refractivity contribution in [1.29, 1.82) is 0 Å². The van der Waals surface area contributed by atoms with Crippen molar-refractivity contribution in [3.63, 3.8) is 0 Å². The molecule has 2 aromatic carbocycles. The van der Waals surface area contributed by atoms with Crippen molar-refractivity contribution in [3.05, 3.63) is 72.3 Å². The summed E-state index contributed by atoms with van der Waals surface area (Å²) in [5.41, 5.74) is 0.154. The number of aryl methyl sites for hydroxylation is 1. The molecule has 0 aliphatic carbocycles. The quantitative estimate of drug-likeness (QED) is 0.410. The predicted octanol–water partition coefficient (Wildman–Crippen LogP) is 4.30. The number of halogens is 1. The zero-order chi connectivity index (χ0) is 24.5. The van der Waals surface area contributed by atoms with Crippen molar-refractivity contribution in [2.45, 2.75) is 44.4 Å². The lowest BCUT2D eigenvalue weighted by Gasteiger charge is -2.27. The molecule has 1 atom stereocenters. The van der Waals surface area contributed by atoms with Gasteiger partial charge in [0.2, 0.25) is 0 Å². The molecule has 35 heavy (non-hydrogen) atoms. The molecule has 1 aliphatic rings. The number of ether oxygens (including phenoxy) is 3. The van der Waals surface area contributed by atoms with Gasteiger partial charge in [0.25, 0.3) is 0 Å². The monoisotopic (exact) mass is 483 g/mol. The van der Waals surface area contributed by atoms with Crippen molar-refractivity contribution in [2.24, 2.45) is 0 Å². The maximum atomic E-state index is 13.9. The van der Waals surface area contributed by atoms with E-state index in [1.807, 2.05) is 29.1 Å². The summed E-state index contributed by atoms with van der Waals surface area (Å²) in [5, 5.41) is 15.3. The van der Waals surface area contributed by atoms with Crippen molar-refractivity contribution >= 4 is 0 Å². The number of benzene rings is 2. The Hall–Kier alpha value is -3.10. The van der Waals surface area contributed by atoms with Gasteiger partial charge in [-0.05, 0) is 61.7 Å². The van der Waals surface area contributed by atoms with Crippen molar-refractivity contribution in [1.82, 2.24) is 14.7 Å². The third-order valence-electron chi connectivity index (χ3n) is 6.33. The summed E-state index contributed by atoms with van der Waals surface area (Å²) in [5.74, 6) is 1.21. The van der Waals surface area contributed by atoms with Crippen LogP contribution in [0.15, 0.2) is 60.9 Å². The molecular weight excluding hydrogens is 449 g/mol. The number of methoxy groups -OCH3 is 1. The topological polar surface area (TPSA) is 69.0 Å². The molecule has 188 valence electrons. The Labute approximate surface area is 206 Å². The van der Waals surface area contributed by atoms with Crippen molar-refractivity contribution < 1.29 is 23.7 Å². The van der Waals surface area contributed by atoms with Gasteiger partial charge < -0.3 is 19.3 Å². The fourth-order valence-corrected chi connectivity index (χ4v) is 4.34. The van der Waals surface area contributed by atoms with E-state index in [2.05, 4.69) is 16.1 Å². The molecule has 4 rings (SSSR count). The molecule has 0 saturated carbocycles. The van der Waals surface area contributed by atoms with E-state index in [9.17, 15) is 9.50 Å². The maximum Gasteiger partial charge on any atom is 0.165 e. The Kier molecular flexibility index (Phi) is 8.60. The maximum absolute atomic E-state index is 13.9. The van der Waals surface area contributed by atoms with E-state index >= 15 is 0 Å². The lowest BCUT2D eigenvalue weighted by molar-refractivity contribution is -0.0177. The number of hydrogen-bond donors (Lipinski definition) is 1. The standard InChI is InChI=1S/C27H34FN3O4/c1-33-26-19-22(9-10-25(26)34-18-6-16-31-15-5-13-29-31)20-30-14-4-11-27(32,12-17-30)21-35-24-8-3-2-7-23(24)28/h2-3,5,7-10,13,15,19,32H,4,6,11-12,14,16-18,20-21H2,1H3. The van der Waals surface area contributed by atoms with E-state index in [0.29, 0.717) is 25.2 Å². The summed E-state index contributed by atoms with van der Waals surface area (Å²) in [4.78, 5) is 2.32. The van der Waals surface area contributed by atoms with Gasteiger partial charge in [-0.15, -0.1) is 0 Å². The Morgan fingerprint density at radius 1 is 1.03 bits per heavy atom. The number of rotatable bonds is 11. The fraction of sp³-hybridized carbons (Fsp3) is 0.444. The number of aliphatic hydroxyl groups is 1. The van der Waals surface area contributed by atoms with Crippen LogP contribution in [0.1, 0.15) is 31.2 Å². The van der Waals surface area contributed by atoms with Gasteiger partial charge in [-0.25, -0.2) is 4.39 Å². The van der Waals surface area contributed by atoms with Gasteiger partial charge in [0.1, 0.15) is 6.61 Å². The van der Waals surface area contributed by atoms with Crippen LogP contribution < -0.4 is 14.2 Å². The highest BCUT2D eigenvalue weighted by molar-refractivity contribution is 5.43. The lowest BCUT2D eigenvalue weighted by Crippen LogP contribution is -2.37. The summed E-state index contributed by atoms with van der Waals surface area (Å²) < 4.78 is 32.9. The van der Waals surface area contributed by atoms with Gasteiger partial charge in [0.15, 0.2) is 23.1 Å². The molecule has 1 unspecified atom stereocenters. The molecule has 1 N–H and O–H groups in total. The third-order valence-corrected chi connectivity index (χ3v) is 6.33. The van der Waals surface area contributed by atoms with E-state index in [-0.39, 0.29) is 12.4 Å². The molecule has 0 bridgehead atoms. The number of likely N-dealkylation sites (tertiary alicyclic amines) is 1. The third kappa shape index (κ3) is 7.19. The first-order valence-electron chi connectivity index (χ1n) is 12.1. The van der Waals surface area contributed by atoms with Gasteiger partial charge in [0, 0.05) is 38.4 Å².